The molecule has 0 aromatic carbocycles. The average molecular weight is 147 g/mol. The second-order valence-corrected chi connectivity index (χ2v) is 2.34. The first-order chi connectivity index (χ1) is 5.26. The predicted molar refractivity (Wildman–Crippen MR) is 41.6 cm³/mol. The monoisotopic (exact) mass is 147 g/mol. The maximum atomic E-state index is 8.53. The van der Waals surface area contributed by atoms with Crippen LogP contribution in [0.5, 0.6) is 0 Å². The number of hydrogen-bond acceptors (Lipinski definition) is 3. The van der Waals surface area contributed by atoms with E-state index in [1.54, 1.807) is 6.07 Å². The summed E-state index contributed by atoms with van der Waals surface area (Å²) in [5.41, 5.74) is 7.60. The van der Waals surface area contributed by atoms with Crippen LogP contribution in [0.3, 0.4) is 0 Å². The van der Waals surface area contributed by atoms with Crippen LogP contribution >= 0.6 is 0 Å². The van der Waals surface area contributed by atoms with Gasteiger partial charge in [-0.2, -0.15) is 5.26 Å². The third-order valence-electron chi connectivity index (χ3n) is 1.35. The van der Waals surface area contributed by atoms with Crippen molar-refractivity contribution < 1.29 is 0 Å². The van der Waals surface area contributed by atoms with Crippen LogP contribution in [0.2, 0.25) is 0 Å². The van der Waals surface area contributed by atoms with Crippen molar-refractivity contribution in [2.45, 2.75) is 13.5 Å². The van der Waals surface area contributed by atoms with Crippen LogP contribution < -0.4 is 5.73 Å². The molecule has 1 aromatic heterocycles. The molecule has 3 nitrogen and oxygen atoms in total. The van der Waals surface area contributed by atoms with E-state index in [9.17, 15) is 0 Å². The maximum absolute atomic E-state index is 8.53. The van der Waals surface area contributed by atoms with Crippen molar-refractivity contribution in [3.8, 4) is 6.07 Å². The normalized spacial score (nSPS) is 9.18. The molecule has 0 aliphatic carbocycles. The fourth-order valence-corrected chi connectivity index (χ4v) is 0.901. The molecular formula is C8H9N3. The van der Waals surface area contributed by atoms with E-state index in [1.165, 1.54) is 0 Å². The van der Waals surface area contributed by atoms with Crippen molar-refractivity contribution in [3.63, 3.8) is 0 Å². The van der Waals surface area contributed by atoms with Crippen molar-refractivity contribution in [3.05, 3.63) is 29.1 Å². The highest BCUT2D eigenvalue weighted by atomic mass is 14.7. The fourth-order valence-electron chi connectivity index (χ4n) is 0.901. The van der Waals surface area contributed by atoms with Gasteiger partial charge >= 0.3 is 0 Å². The number of aryl methyl sites for hydroxylation is 1. The summed E-state index contributed by atoms with van der Waals surface area (Å²) in [6.07, 6.45) is 0. The molecule has 0 amide bonds. The summed E-state index contributed by atoms with van der Waals surface area (Å²) in [7, 11) is 0. The number of rotatable bonds is 1. The van der Waals surface area contributed by atoms with Crippen molar-refractivity contribution in [2.75, 3.05) is 0 Å². The molecule has 0 aliphatic rings. The summed E-state index contributed by atoms with van der Waals surface area (Å²) in [4.78, 5) is 3.98. The summed E-state index contributed by atoms with van der Waals surface area (Å²) in [6, 6.07) is 5.59. The Balaban J connectivity index is 3.15. The van der Waals surface area contributed by atoms with Crippen LogP contribution in [0, 0.1) is 18.3 Å². The fraction of sp³-hybridized carbons (Fsp3) is 0.250. The Hall–Kier alpha value is -1.40. The van der Waals surface area contributed by atoms with E-state index >= 15 is 0 Å². The Bertz CT molecular complexity index is 299. The molecule has 0 unspecified atom stereocenters. The molecule has 3 heteroatoms. The molecule has 0 atom stereocenters. The standard InChI is InChI=1S/C8H9N3/c1-6-2-7(4-9)11-8(3-6)5-10/h2-3H,4,9H2,1H3. The van der Waals surface area contributed by atoms with Gasteiger partial charge in [0.25, 0.3) is 0 Å². The molecule has 0 radical (unpaired) electrons. The van der Waals surface area contributed by atoms with E-state index in [0.29, 0.717) is 12.2 Å². The van der Waals surface area contributed by atoms with Crippen LogP contribution in [-0.4, -0.2) is 4.98 Å². The molecular weight excluding hydrogens is 138 g/mol. The van der Waals surface area contributed by atoms with Gasteiger partial charge in [0.15, 0.2) is 0 Å². The van der Waals surface area contributed by atoms with Crippen LogP contribution in [0.25, 0.3) is 0 Å². The Kier molecular flexibility index (Phi) is 2.19. The third kappa shape index (κ3) is 1.76. The SMILES string of the molecule is Cc1cc(C#N)nc(CN)c1. The lowest BCUT2D eigenvalue weighted by Crippen LogP contribution is -2.01. The first kappa shape index (κ1) is 7.70. The minimum Gasteiger partial charge on any atom is -0.325 e. The Morgan fingerprint density at radius 3 is 2.91 bits per heavy atom. The molecule has 1 aromatic rings. The van der Waals surface area contributed by atoms with E-state index in [0.717, 1.165) is 11.3 Å². The van der Waals surface area contributed by atoms with Crippen molar-refractivity contribution in [1.82, 2.24) is 4.98 Å². The second-order valence-electron chi connectivity index (χ2n) is 2.34. The van der Waals surface area contributed by atoms with Gasteiger partial charge in [-0.25, -0.2) is 4.98 Å². The van der Waals surface area contributed by atoms with Gasteiger partial charge in [-0.1, -0.05) is 0 Å². The number of pyridine rings is 1. The topological polar surface area (TPSA) is 62.7 Å². The number of nitrogens with zero attached hydrogens (tertiary/aromatic N) is 2. The van der Waals surface area contributed by atoms with Crippen LogP contribution in [0.1, 0.15) is 17.0 Å². The molecule has 2 N–H and O–H groups in total. The van der Waals surface area contributed by atoms with Gasteiger partial charge < -0.3 is 5.73 Å². The summed E-state index contributed by atoms with van der Waals surface area (Å²) in [5, 5.41) is 8.53. The molecule has 0 saturated carbocycles. The minimum atomic E-state index is 0.385. The zero-order valence-corrected chi connectivity index (χ0v) is 6.33. The van der Waals surface area contributed by atoms with Gasteiger partial charge in [-0.3, -0.25) is 0 Å². The quantitative estimate of drug-likeness (QED) is 0.636. The highest BCUT2D eigenvalue weighted by molar-refractivity contribution is 5.27. The summed E-state index contributed by atoms with van der Waals surface area (Å²) in [5.74, 6) is 0. The Labute approximate surface area is 65.5 Å². The molecule has 1 heterocycles. The Morgan fingerprint density at radius 2 is 2.36 bits per heavy atom. The predicted octanol–water partition coefficient (Wildman–Crippen LogP) is 0.720. The summed E-state index contributed by atoms with van der Waals surface area (Å²) in [6.45, 7) is 2.30. The van der Waals surface area contributed by atoms with Gasteiger partial charge in [0.1, 0.15) is 11.8 Å². The van der Waals surface area contributed by atoms with Crippen LogP contribution in [0.15, 0.2) is 12.1 Å². The van der Waals surface area contributed by atoms with E-state index in [1.807, 2.05) is 19.1 Å². The molecule has 11 heavy (non-hydrogen) atoms. The van der Waals surface area contributed by atoms with Gasteiger partial charge in [-0.05, 0) is 24.6 Å². The second kappa shape index (κ2) is 3.13. The average Bonchev–Trinajstić information content (AvgIpc) is 2.03. The largest absolute Gasteiger partial charge is 0.325 e. The number of hydrogen-bond donors (Lipinski definition) is 1. The molecule has 0 spiro atoms. The smallest absolute Gasteiger partial charge is 0.141 e. The van der Waals surface area contributed by atoms with Crippen LogP contribution in [-0.2, 0) is 6.54 Å². The molecule has 0 saturated heterocycles. The van der Waals surface area contributed by atoms with Crippen molar-refractivity contribution in [2.24, 2.45) is 5.73 Å². The van der Waals surface area contributed by atoms with E-state index < -0.39 is 0 Å². The molecule has 0 aliphatic heterocycles. The molecule has 1 rings (SSSR count). The highest BCUT2D eigenvalue weighted by Crippen LogP contribution is 2.02. The number of nitrogens with two attached hydrogens (primary N) is 1. The zero-order valence-electron chi connectivity index (χ0n) is 6.33. The van der Waals surface area contributed by atoms with E-state index in [-0.39, 0.29) is 0 Å². The first-order valence-electron chi connectivity index (χ1n) is 3.34. The number of aromatic nitrogens is 1. The Morgan fingerprint density at radius 1 is 1.64 bits per heavy atom. The lowest BCUT2D eigenvalue weighted by molar-refractivity contribution is 0.975. The molecule has 0 fully saturated rings. The molecule has 0 bridgehead atoms. The van der Waals surface area contributed by atoms with Crippen molar-refractivity contribution >= 4 is 0 Å². The highest BCUT2D eigenvalue weighted by Gasteiger charge is 1.96. The van der Waals surface area contributed by atoms with E-state index in [2.05, 4.69) is 4.98 Å². The van der Waals surface area contributed by atoms with Crippen molar-refractivity contribution in [1.29, 1.82) is 5.26 Å². The zero-order chi connectivity index (χ0) is 8.27. The van der Waals surface area contributed by atoms with Gasteiger partial charge in [0.2, 0.25) is 0 Å². The van der Waals surface area contributed by atoms with E-state index in [4.69, 9.17) is 11.0 Å². The lowest BCUT2D eigenvalue weighted by atomic mass is 10.2. The summed E-state index contributed by atoms with van der Waals surface area (Å²) < 4.78 is 0. The van der Waals surface area contributed by atoms with Gasteiger partial charge in [-0.15, -0.1) is 0 Å². The first-order valence-corrected chi connectivity index (χ1v) is 3.34. The number of nitriles is 1. The van der Waals surface area contributed by atoms with Gasteiger partial charge in [0.05, 0.1) is 5.69 Å². The lowest BCUT2D eigenvalue weighted by Gasteiger charge is -1.97. The molecule has 56 valence electrons. The minimum absolute atomic E-state index is 0.385. The van der Waals surface area contributed by atoms with Gasteiger partial charge in [0, 0.05) is 6.54 Å². The summed E-state index contributed by atoms with van der Waals surface area (Å²) >= 11 is 0. The van der Waals surface area contributed by atoms with Crippen LogP contribution in [0.4, 0.5) is 0 Å². The third-order valence-corrected chi connectivity index (χ3v) is 1.35. The maximum Gasteiger partial charge on any atom is 0.141 e.